The summed E-state index contributed by atoms with van der Waals surface area (Å²) in [5.74, 6) is 3.54. The van der Waals surface area contributed by atoms with Crippen molar-refractivity contribution in [2.24, 2.45) is 11.3 Å². The Morgan fingerprint density at radius 2 is 1.67 bits per heavy atom. The van der Waals surface area contributed by atoms with Crippen LogP contribution in [-0.4, -0.2) is 47.8 Å². The standard InChI is InChI=1S/C28H36O8/c1-8-34-21(29)9-10-28(3)14-18-13-19(30-4)24(31-5)26(32-6)23(18)22-17(11-16(28)2)12-20-25(27(22)33-7)36-15-35-20/h12-13,16H,8-11,14-15H2,1-7H3/t16-,28?/m0/s1. The van der Waals surface area contributed by atoms with E-state index in [0.29, 0.717) is 60.4 Å². The number of hydrogen-bond acceptors (Lipinski definition) is 8. The van der Waals surface area contributed by atoms with Crippen LogP contribution >= 0.6 is 0 Å². The Bertz CT molecular complexity index is 1140. The fourth-order valence-corrected chi connectivity index (χ4v) is 5.45. The van der Waals surface area contributed by atoms with Crippen molar-refractivity contribution in [3.8, 4) is 45.6 Å². The smallest absolute Gasteiger partial charge is 0.305 e. The van der Waals surface area contributed by atoms with Crippen LogP contribution in [0.4, 0.5) is 0 Å². The minimum atomic E-state index is -0.215. The first kappa shape index (κ1) is 25.8. The Morgan fingerprint density at radius 1 is 0.972 bits per heavy atom. The number of methoxy groups -OCH3 is 4. The van der Waals surface area contributed by atoms with E-state index < -0.39 is 0 Å². The molecule has 0 radical (unpaired) electrons. The van der Waals surface area contributed by atoms with Crippen molar-refractivity contribution in [3.05, 3.63) is 23.3 Å². The van der Waals surface area contributed by atoms with E-state index in [9.17, 15) is 4.79 Å². The molecule has 2 aliphatic rings. The zero-order chi connectivity index (χ0) is 26.0. The molecule has 0 saturated heterocycles. The molecule has 8 nitrogen and oxygen atoms in total. The number of carbonyl (C=O) groups excluding carboxylic acids is 1. The molecule has 0 spiro atoms. The maximum absolute atomic E-state index is 12.3. The number of carbonyl (C=O) groups is 1. The minimum Gasteiger partial charge on any atom is -0.493 e. The molecule has 1 unspecified atom stereocenters. The molecular formula is C28H36O8. The molecule has 2 aromatic carbocycles. The number of fused-ring (bicyclic) bond motifs is 4. The molecule has 36 heavy (non-hydrogen) atoms. The van der Waals surface area contributed by atoms with Crippen LogP contribution in [0.3, 0.4) is 0 Å². The molecule has 0 N–H and O–H groups in total. The molecule has 0 amide bonds. The van der Waals surface area contributed by atoms with Gasteiger partial charge in [-0.3, -0.25) is 4.79 Å². The lowest BCUT2D eigenvalue weighted by Gasteiger charge is -2.39. The number of benzene rings is 2. The SMILES string of the molecule is CCOC(=O)CCC1(C)Cc2cc(OC)c(OC)c(OC)c2-c2c(cc3c(c2OC)OCO3)C[C@@H]1C. The topological polar surface area (TPSA) is 81.7 Å². The van der Waals surface area contributed by atoms with Gasteiger partial charge < -0.3 is 33.2 Å². The molecule has 2 atom stereocenters. The Hall–Kier alpha value is -3.29. The summed E-state index contributed by atoms with van der Waals surface area (Å²) in [4.78, 5) is 12.3. The van der Waals surface area contributed by atoms with Gasteiger partial charge >= 0.3 is 5.97 Å². The molecule has 0 bridgehead atoms. The fraction of sp³-hybridized carbons (Fsp3) is 0.536. The Balaban J connectivity index is 1.99. The van der Waals surface area contributed by atoms with E-state index in [1.54, 1.807) is 28.4 Å². The first-order valence-electron chi connectivity index (χ1n) is 12.3. The maximum Gasteiger partial charge on any atom is 0.305 e. The molecule has 0 fully saturated rings. The van der Waals surface area contributed by atoms with Crippen LogP contribution in [0.25, 0.3) is 11.1 Å². The normalized spacial score (nSPS) is 19.9. The predicted molar refractivity (Wildman–Crippen MR) is 135 cm³/mol. The predicted octanol–water partition coefficient (Wildman–Crippen LogP) is 5.20. The van der Waals surface area contributed by atoms with Crippen LogP contribution in [0.5, 0.6) is 34.5 Å². The van der Waals surface area contributed by atoms with Gasteiger partial charge in [-0.2, -0.15) is 0 Å². The highest BCUT2D eigenvalue weighted by Gasteiger charge is 2.40. The molecule has 1 aliphatic carbocycles. The number of hydrogen-bond donors (Lipinski definition) is 0. The fourth-order valence-electron chi connectivity index (χ4n) is 5.45. The van der Waals surface area contributed by atoms with E-state index in [1.165, 1.54) is 0 Å². The Kier molecular flexibility index (Phi) is 7.43. The third kappa shape index (κ3) is 4.38. The second-order valence-corrected chi connectivity index (χ2v) is 9.60. The molecular weight excluding hydrogens is 464 g/mol. The summed E-state index contributed by atoms with van der Waals surface area (Å²) in [6.45, 7) is 6.81. The molecule has 1 heterocycles. The van der Waals surface area contributed by atoms with E-state index in [1.807, 2.05) is 19.1 Å². The molecule has 2 aromatic rings. The quantitative estimate of drug-likeness (QED) is 0.458. The molecule has 0 saturated carbocycles. The average Bonchev–Trinajstić information content (AvgIpc) is 3.33. The Morgan fingerprint density at radius 3 is 2.31 bits per heavy atom. The van der Waals surface area contributed by atoms with Gasteiger partial charge in [-0.05, 0) is 60.8 Å². The summed E-state index contributed by atoms with van der Waals surface area (Å²) in [5, 5.41) is 0. The summed E-state index contributed by atoms with van der Waals surface area (Å²) in [5.41, 5.74) is 3.62. The van der Waals surface area contributed by atoms with Gasteiger partial charge in [0.05, 0.1) is 35.0 Å². The minimum absolute atomic E-state index is 0.136. The van der Waals surface area contributed by atoms with Gasteiger partial charge in [0.1, 0.15) is 0 Å². The summed E-state index contributed by atoms with van der Waals surface area (Å²) >= 11 is 0. The second-order valence-electron chi connectivity index (χ2n) is 9.60. The van der Waals surface area contributed by atoms with Gasteiger partial charge in [-0.15, -0.1) is 0 Å². The lowest BCUT2D eigenvalue weighted by Crippen LogP contribution is -2.32. The third-order valence-corrected chi connectivity index (χ3v) is 7.58. The van der Waals surface area contributed by atoms with E-state index in [-0.39, 0.29) is 24.1 Å². The zero-order valence-electron chi connectivity index (χ0n) is 22.2. The van der Waals surface area contributed by atoms with Gasteiger partial charge in [0, 0.05) is 17.5 Å². The maximum atomic E-state index is 12.3. The molecule has 0 aromatic heterocycles. The third-order valence-electron chi connectivity index (χ3n) is 7.58. The van der Waals surface area contributed by atoms with Gasteiger partial charge in [-0.1, -0.05) is 13.8 Å². The van der Waals surface area contributed by atoms with Crippen molar-refractivity contribution in [3.63, 3.8) is 0 Å². The number of esters is 1. The Labute approximate surface area is 212 Å². The van der Waals surface area contributed by atoms with Crippen LogP contribution in [0.15, 0.2) is 12.1 Å². The van der Waals surface area contributed by atoms with Crippen LogP contribution in [0.2, 0.25) is 0 Å². The number of ether oxygens (including phenoxy) is 7. The van der Waals surface area contributed by atoms with Crippen molar-refractivity contribution in [1.82, 2.24) is 0 Å². The van der Waals surface area contributed by atoms with Crippen molar-refractivity contribution in [1.29, 1.82) is 0 Å². The van der Waals surface area contributed by atoms with Crippen molar-refractivity contribution < 1.29 is 38.0 Å². The summed E-state index contributed by atoms with van der Waals surface area (Å²) in [6, 6.07) is 4.04. The zero-order valence-corrected chi connectivity index (χ0v) is 22.2. The van der Waals surface area contributed by atoms with Crippen LogP contribution in [-0.2, 0) is 22.4 Å². The van der Waals surface area contributed by atoms with Gasteiger partial charge in [0.15, 0.2) is 23.0 Å². The highest BCUT2D eigenvalue weighted by atomic mass is 16.7. The molecule has 8 heteroatoms. The second kappa shape index (κ2) is 10.4. The lowest BCUT2D eigenvalue weighted by molar-refractivity contribution is -0.144. The van der Waals surface area contributed by atoms with Gasteiger partial charge in [-0.25, -0.2) is 0 Å². The molecule has 4 rings (SSSR count). The van der Waals surface area contributed by atoms with Crippen molar-refractivity contribution >= 4 is 5.97 Å². The molecule has 196 valence electrons. The first-order valence-corrected chi connectivity index (χ1v) is 12.3. The van der Waals surface area contributed by atoms with E-state index >= 15 is 0 Å². The summed E-state index contributed by atoms with van der Waals surface area (Å²) < 4.78 is 40.2. The average molecular weight is 501 g/mol. The monoisotopic (exact) mass is 500 g/mol. The number of rotatable bonds is 8. The highest BCUT2D eigenvalue weighted by molar-refractivity contribution is 5.88. The van der Waals surface area contributed by atoms with Crippen LogP contribution < -0.4 is 28.4 Å². The van der Waals surface area contributed by atoms with Crippen LogP contribution in [0.1, 0.15) is 44.7 Å². The van der Waals surface area contributed by atoms with E-state index in [0.717, 1.165) is 28.7 Å². The largest absolute Gasteiger partial charge is 0.493 e. The first-order chi connectivity index (χ1) is 17.3. The highest BCUT2D eigenvalue weighted by Crippen LogP contribution is 2.58. The summed E-state index contributed by atoms with van der Waals surface area (Å²) in [7, 11) is 6.47. The van der Waals surface area contributed by atoms with Gasteiger partial charge in [0.2, 0.25) is 18.3 Å². The van der Waals surface area contributed by atoms with E-state index in [4.69, 9.17) is 33.2 Å². The van der Waals surface area contributed by atoms with Crippen molar-refractivity contribution in [2.75, 3.05) is 41.8 Å². The van der Waals surface area contributed by atoms with E-state index in [2.05, 4.69) is 13.8 Å². The summed E-state index contributed by atoms with van der Waals surface area (Å²) in [6.07, 6.45) is 2.47. The molecule has 1 aliphatic heterocycles. The van der Waals surface area contributed by atoms with Crippen LogP contribution in [0, 0.1) is 11.3 Å². The van der Waals surface area contributed by atoms with Crippen molar-refractivity contribution in [2.45, 2.75) is 46.5 Å². The van der Waals surface area contributed by atoms with Gasteiger partial charge in [0.25, 0.3) is 0 Å². The lowest BCUT2D eigenvalue weighted by atomic mass is 9.65.